The molecule has 1 rings (SSSR count). The molecule has 15 heavy (non-hydrogen) atoms. The summed E-state index contributed by atoms with van der Waals surface area (Å²) in [5, 5.41) is 0. The van der Waals surface area contributed by atoms with Gasteiger partial charge in [-0.05, 0) is 12.8 Å². The molecule has 0 spiro atoms. The van der Waals surface area contributed by atoms with Gasteiger partial charge in [0.25, 0.3) is 0 Å². The first-order chi connectivity index (χ1) is 7.15. The molecule has 1 fully saturated rings. The van der Waals surface area contributed by atoms with Crippen LogP contribution in [0.3, 0.4) is 0 Å². The summed E-state index contributed by atoms with van der Waals surface area (Å²) in [5.41, 5.74) is 5.51. The molecule has 2 N–H and O–H groups in total. The second-order valence-electron chi connectivity index (χ2n) is 3.88. The number of likely N-dealkylation sites (tertiary alicyclic amines) is 1. The summed E-state index contributed by atoms with van der Waals surface area (Å²) in [6.07, 6.45) is 0.780. The monoisotopic (exact) mass is 218 g/mol. The molecular weight excluding hydrogens is 199 g/mol. The minimum Gasteiger partial charge on any atom is -0.449 e. The van der Waals surface area contributed by atoms with Crippen LogP contribution in [0.4, 0.5) is 9.18 Å². The highest BCUT2D eigenvalue weighted by molar-refractivity contribution is 5.67. The van der Waals surface area contributed by atoms with E-state index in [1.807, 2.05) is 6.92 Å². The highest BCUT2D eigenvalue weighted by atomic mass is 19.1. The number of hydrogen-bond donors (Lipinski definition) is 1. The molecule has 0 bridgehead atoms. The number of hydrogen-bond acceptors (Lipinski definition) is 3. The summed E-state index contributed by atoms with van der Waals surface area (Å²) >= 11 is 0. The standard InChI is InChI=1S/C10H19FN2O2/c1-2-3-6-15-10(14)13-5-4-9(12)8(11)7-13/h8-9H,2-7,12H2,1H3/t8-,9-/m1/s1. The van der Waals surface area contributed by atoms with Crippen molar-refractivity contribution in [2.45, 2.75) is 38.4 Å². The molecular formula is C10H19FN2O2. The Kier molecular flexibility index (Phi) is 4.81. The number of carbonyl (C=O) groups is 1. The van der Waals surface area contributed by atoms with Crippen LogP contribution in [0, 0.1) is 0 Å². The van der Waals surface area contributed by atoms with Gasteiger partial charge in [0.05, 0.1) is 13.2 Å². The smallest absolute Gasteiger partial charge is 0.409 e. The van der Waals surface area contributed by atoms with Gasteiger partial charge < -0.3 is 15.4 Å². The largest absolute Gasteiger partial charge is 0.449 e. The Balaban J connectivity index is 2.28. The first kappa shape index (κ1) is 12.2. The minimum atomic E-state index is -1.13. The lowest BCUT2D eigenvalue weighted by molar-refractivity contribution is 0.0696. The Hall–Kier alpha value is -0.840. The van der Waals surface area contributed by atoms with Crippen molar-refractivity contribution in [3.05, 3.63) is 0 Å². The topological polar surface area (TPSA) is 55.6 Å². The number of nitrogens with two attached hydrogens (primary N) is 1. The highest BCUT2D eigenvalue weighted by Crippen LogP contribution is 2.13. The Morgan fingerprint density at radius 3 is 3.00 bits per heavy atom. The van der Waals surface area contributed by atoms with Crippen molar-refractivity contribution in [3.8, 4) is 0 Å². The predicted molar refractivity (Wildman–Crippen MR) is 55.3 cm³/mol. The van der Waals surface area contributed by atoms with Crippen LogP contribution in [0.5, 0.6) is 0 Å². The lowest BCUT2D eigenvalue weighted by Crippen LogP contribution is -2.50. The van der Waals surface area contributed by atoms with Crippen LogP contribution >= 0.6 is 0 Å². The van der Waals surface area contributed by atoms with E-state index < -0.39 is 18.3 Å². The maximum atomic E-state index is 13.2. The van der Waals surface area contributed by atoms with Crippen LogP contribution in [-0.2, 0) is 4.74 Å². The Labute approximate surface area is 89.6 Å². The quantitative estimate of drug-likeness (QED) is 0.726. The summed E-state index contributed by atoms with van der Waals surface area (Å²) < 4.78 is 18.2. The van der Waals surface area contributed by atoms with Crippen molar-refractivity contribution >= 4 is 6.09 Å². The van der Waals surface area contributed by atoms with Gasteiger partial charge in [-0.1, -0.05) is 13.3 Å². The van der Waals surface area contributed by atoms with Crippen molar-refractivity contribution in [3.63, 3.8) is 0 Å². The van der Waals surface area contributed by atoms with Gasteiger partial charge in [0.15, 0.2) is 0 Å². The van der Waals surface area contributed by atoms with Gasteiger partial charge in [0, 0.05) is 12.6 Å². The zero-order chi connectivity index (χ0) is 11.3. The van der Waals surface area contributed by atoms with Gasteiger partial charge in [-0.15, -0.1) is 0 Å². The highest BCUT2D eigenvalue weighted by Gasteiger charge is 2.29. The number of nitrogens with zero attached hydrogens (tertiary/aromatic N) is 1. The first-order valence-corrected chi connectivity index (χ1v) is 5.46. The van der Waals surface area contributed by atoms with Gasteiger partial charge in [0.1, 0.15) is 6.17 Å². The SMILES string of the molecule is CCCCOC(=O)N1CC[C@@H](N)[C@H](F)C1. The second-order valence-corrected chi connectivity index (χ2v) is 3.88. The lowest BCUT2D eigenvalue weighted by Gasteiger charge is -2.32. The number of rotatable bonds is 3. The van der Waals surface area contributed by atoms with Gasteiger partial charge in [-0.2, -0.15) is 0 Å². The zero-order valence-corrected chi connectivity index (χ0v) is 9.12. The summed E-state index contributed by atoms with van der Waals surface area (Å²) in [7, 11) is 0. The second kappa shape index (κ2) is 5.90. The molecule has 0 aromatic heterocycles. The normalized spacial score (nSPS) is 26.5. The van der Waals surface area contributed by atoms with Crippen LogP contribution in [0.2, 0.25) is 0 Å². The van der Waals surface area contributed by atoms with Gasteiger partial charge in [0.2, 0.25) is 0 Å². The number of ether oxygens (including phenoxy) is 1. The fraction of sp³-hybridized carbons (Fsp3) is 0.900. The van der Waals surface area contributed by atoms with Crippen LogP contribution in [-0.4, -0.2) is 42.9 Å². The van der Waals surface area contributed by atoms with E-state index in [1.54, 1.807) is 0 Å². The Morgan fingerprint density at radius 2 is 2.40 bits per heavy atom. The average Bonchev–Trinajstić information content (AvgIpc) is 2.22. The number of piperidine rings is 1. The number of unbranched alkanes of at least 4 members (excludes halogenated alkanes) is 1. The van der Waals surface area contributed by atoms with Crippen molar-refractivity contribution < 1.29 is 13.9 Å². The molecule has 0 unspecified atom stereocenters. The average molecular weight is 218 g/mol. The van der Waals surface area contributed by atoms with Crippen molar-refractivity contribution in [2.24, 2.45) is 5.73 Å². The maximum Gasteiger partial charge on any atom is 0.409 e. The summed E-state index contributed by atoms with van der Waals surface area (Å²) in [4.78, 5) is 12.8. The number of alkyl halides is 1. The molecule has 2 atom stereocenters. The third-order valence-corrected chi connectivity index (χ3v) is 2.57. The molecule has 1 heterocycles. The van der Waals surface area contributed by atoms with E-state index in [2.05, 4.69) is 0 Å². The predicted octanol–water partition coefficient (Wildman–Crippen LogP) is 1.29. The van der Waals surface area contributed by atoms with Gasteiger partial charge in [-0.3, -0.25) is 0 Å². The van der Waals surface area contributed by atoms with Crippen LogP contribution < -0.4 is 5.73 Å². The van der Waals surface area contributed by atoms with Gasteiger partial charge >= 0.3 is 6.09 Å². The first-order valence-electron chi connectivity index (χ1n) is 5.46. The summed E-state index contributed by atoms with van der Waals surface area (Å²) in [6, 6.07) is -0.440. The maximum absolute atomic E-state index is 13.2. The fourth-order valence-electron chi connectivity index (χ4n) is 1.48. The van der Waals surface area contributed by atoms with E-state index >= 15 is 0 Å². The van der Waals surface area contributed by atoms with E-state index in [0.717, 1.165) is 12.8 Å². The Bertz CT molecular complexity index is 214. The van der Waals surface area contributed by atoms with Crippen molar-refractivity contribution in [1.82, 2.24) is 4.90 Å². The Morgan fingerprint density at radius 1 is 1.67 bits per heavy atom. The van der Waals surface area contributed by atoms with Crippen molar-refractivity contribution in [2.75, 3.05) is 19.7 Å². The molecule has 1 aliphatic heterocycles. The van der Waals surface area contributed by atoms with E-state index in [4.69, 9.17) is 10.5 Å². The molecule has 0 aromatic rings. The molecule has 1 saturated heterocycles. The number of amides is 1. The molecule has 0 aromatic carbocycles. The molecule has 1 amide bonds. The number of carbonyl (C=O) groups excluding carboxylic acids is 1. The van der Waals surface area contributed by atoms with E-state index in [0.29, 0.717) is 19.6 Å². The van der Waals surface area contributed by atoms with E-state index in [1.165, 1.54) is 4.90 Å². The molecule has 0 saturated carbocycles. The number of halogens is 1. The van der Waals surface area contributed by atoms with Gasteiger partial charge in [-0.25, -0.2) is 9.18 Å². The van der Waals surface area contributed by atoms with Crippen LogP contribution in [0.1, 0.15) is 26.2 Å². The third kappa shape index (κ3) is 3.66. The van der Waals surface area contributed by atoms with Crippen LogP contribution in [0.15, 0.2) is 0 Å². The summed E-state index contributed by atoms with van der Waals surface area (Å²) in [5.74, 6) is 0. The fourth-order valence-corrected chi connectivity index (χ4v) is 1.48. The summed E-state index contributed by atoms with van der Waals surface area (Å²) in [6.45, 7) is 2.98. The molecule has 4 nitrogen and oxygen atoms in total. The molecule has 5 heteroatoms. The third-order valence-electron chi connectivity index (χ3n) is 2.57. The lowest BCUT2D eigenvalue weighted by atomic mass is 10.1. The molecule has 88 valence electrons. The minimum absolute atomic E-state index is 0.0616. The van der Waals surface area contributed by atoms with Crippen molar-refractivity contribution in [1.29, 1.82) is 0 Å². The van der Waals surface area contributed by atoms with E-state index in [9.17, 15) is 9.18 Å². The molecule has 0 aliphatic carbocycles. The molecule has 1 aliphatic rings. The zero-order valence-electron chi connectivity index (χ0n) is 9.12. The molecule has 0 radical (unpaired) electrons. The van der Waals surface area contributed by atoms with E-state index in [-0.39, 0.29) is 6.54 Å². The van der Waals surface area contributed by atoms with Crippen LogP contribution in [0.25, 0.3) is 0 Å².